The molecular formula is C34H39BrClN3O5S. The van der Waals surface area contributed by atoms with Crippen molar-refractivity contribution < 1.29 is 24.2 Å². The van der Waals surface area contributed by atoms with Crippen LogP contribution in [0.2, 0.25) is 5.02 Å². The molecule has 3 saturated heterocycles. The van der Waals surface area contributed by atoms with Crippen LogP contribution in [0.4, 0.5) is 11.4 Å². The molecule has 240 valence electrons. The maximum atomic E-state index is 14.8. The number of fused-ring (bicyclic) bond motifs is 1. The van der Waals surface area contributed by atoms with Crippen molar-refractivity contribution in [1.29, 1.82) is 0 Å². The minimum absolute atomic E-state index is 0.0164. The van der Waals surface area contributed by atoms with E-state index in [2.05, 4.69) is 29.1 Å². The Morgan fingerprint density at radius 3 is 2.44 bits per heavy atom. The number of hydrogen-bond acceptors (Lipinski definition) is 6. The lowest BCUT2D eigenvalue weighted by molar-refractivity contribution is -0.139. The van der Waals surface area contributed by atoms with E-state index in [0.29, 0.717) is 54.6 Å². The van der Waals surface area contributed by atoms with Gasteiger partial charge in [0.15, 0.2) is 0 Å². The van der Waals surface area contributed by atoms with Gasteiger partial charge in [-0.25, -0.2) is 0 Å². The molecule has 3 heterocycles. The molecule has 5 rings (SSSR count). The van der Waals surface area contributed by atoms with Crippen LogP contribution < -0.4 is 14.5 Å². The van der Waals surface area contributed by atoms with Crippen molar-refractivity contribution in [3.8, 4) is 5.75 Å². The largest absolute Gasteiger partial charge is 0.494 e. The Morgan fingerprint density at radius 2 is 1.80 bits per heavy atom. The molecule has 2 aromatic rings. The van der Waals surface area contributed by atoms with E-state index in [1.807, 2.05) is 37.3 Å². The van der Waals surface area contributed by atoms with Crippen LogP contribution in [0.5, 0.6) is 5.75 Å². The van der Waals surface area contributed by atoms with E-state index in [-0.39, 0.29) is 47.5 Å². The van der Waals surface area contributed by atoms with Crippen LogP contribution in [0, 0.1) is 11.8 Å². The topological polar surface area (TPSA) is 90.4 Å². The Bertz CT molecular complexity index is 1440. The Labute approximate surface area is 282 Å². The Kier molecular flexibility index (Phi) is 10.7. The van der Waals surface area contributed by atoms with Crippen molar-refractivity contribution in [3.63, 3.8) is 0 Å². The number of carbonyl (C=O) groups excluding carboxylic acids is 3. The number of carbonyl (C=O) groups is 3. The van der Waals surface area contributed by atoms with Crippen LogP contribution >= 0.6 is 39.3 Å². The molecule has 1 spiro atoms. The second-order valence-corrected chi connectivity index (χ2v) is 14.6. The van der Waals surface area contributed by atoms with Crippen LogP contribution in [0.1, 0.15) is 26.2 Å². The first-order chi connectivity index (χ1) is 21.7. The lowest BCUT2D eigenvalue weighted by atomic mass is 9.70. The summed E-state index contributed by atoms with van der Waals surface area (Å²) < 4.78 is 4.77. The van der Waals surface area contributed by atoms with Gasteiger partial charge in [-0.2, -0.15) is 0 Å². The van der Waals surface area contributed by atoms with Gasteiger partial charge in [0, 0.05) is 42.0 Å². The number of rotatable bonds is 14. The summed E-state index contributed by atoms with van der Waals surface area (Å²) in [6.07, 6.45) is 4.90. The fourth-order valence-corrected chi connectivity index (χ4v) is 10.9. The number of alkyl halides is 1. The van der Waals surface area contributed by atoms with Crippen LogP contribution in [0.3, 0.4) is 0 Å². The number of ether oxygens (including phenoxy) is 1. The van der Waals surface area contributed by atoms with Gasteiger partial charge in [-0.3, -0.25) is 14.4 Å². The summed E-state index contributed by atoms with van der Waals surface area (Å²) >= 11 is 12.0. The van der Waals surface area contributed by atoms with Crippen molar-refractivity contribution in [3.05, 3.63) is 78.9 Å². The molecule has 11 heteroatoms. The predicted molar refractivity (Wildman–Crippen MR) is 184 cm³/mol. The fraction of sp³-hybridized carbons (Fsp3) is 0.441. The number of amides is 3. The first-order valence-corrected chi connectivity index (χ1v) is 17.5. The molecular weight excluding hydrogens is 678 g/mol. The molecule has 2 bridgehead atoms. The van der Waals surface area contributed by atoms with Gasteiger partial charge in [-0.05, 0) is 62.6 Å². The molecule has 0 radical (unpaired) electrons. The number of aliphatic hydroxyl groups is 1. The number of benzene rings is 2. The van der Waals surface area contributed by atoms with E-state index in [9.17, 15) is 19.5 Å². The van der Waals surface area contributed by atoms with E-state index in [0.717, 1.165) is 0 Å². The van der Waals surface area contributed by atoms with Crippen molar-refractivity contribution in [2.45, 2.75) is 47.1 Å². The van der Waals surface area contributed by atoms with Gasteiger partial charge >= 0.3 is 0 Å². The van der Waals surface area contributed by atoms with E-state index in [1.54, 1.807) is 56.8 Å². The summed E-state index contributed by atoms with van der Waals surface area (Å²) in [4.78, 5) is 48.7. The first-order valence-electron chi connectivity index (χ1n) is 15.3. The third kappa shape index (κ3) is 6.06. The molecule has 2 aromatic carbocycles. The van der Waals surface area contributed by atoms with Gasteiger partial charge in [-0.1, -0.05) is 51.8 Å². The van der Waals surface area contributed by atoms with Gasteiger partial charge in [0.1, 0.15) is 11.8 Å². The Morgan fingerprint density at radius 1 is 1.11 bits per heavy atom. The average molecular weight is 717 g/mol. The summed E-state index contributed by atoms with van der Waals surface area (Å²) in [7, 11) is 0. The Balaban J connectivity index is 1.56. The highest BCUT2D eigenvalue weighted by Crippen LogP contribution is 2.68. The molecule has 0 saturated carbocycles. The van der Waals surface area contributed by atoms with Gasteiger partial charge in [0.25, 0.3) is 5.91 Å². The van der Waals surface area contributed by atoms with Crippen LogP contribution in [-0.2, 0) is 14.4 Å². The predicted octanol–water partition coefficient (Wildman–Crippen LogP) is 5.71. The van der Waals surface area contributed by atoms with E-state index < -0.39 is 22.6 Å². The van der Waals surface area contributed by atoms with Gasteiger partial charge in [0.2, 0.25) is 11.8 Å². The monoisotopic (exact) mass is 715 g/mol. The van der Waals surface area contributed by atoms with Crippen molar-refractivity contribution in [2.75, 3.05) is 42.6 Å². The van der Waals surface area contributed by atoms with Crippen molar-refractivity contribution in [2.24, 2.45) is 11.8 Å². The van der Waals surface area contributed by atoms with E-state index in [4.69, 9.17) is 16.3 Å². The zero-order valence-electron chi connectivity index (χ0n) is 25.3. The molecule has 3 aliphatic rings. The molecule has 3 aliphatic heterocycles. The molecule has 0 aliphatic carbocycles. The third-order valence-corrected chi connectivity index (χ3v) is 12.4. The molecule has 45 heavy (non-hydrogen) atoms. The average Bonchev–Trinajstić information content (AvgIpc) is 3.62. The van der Waals surface area contributed by atoms with Crippen molar-refractivity contribution >= 4 is 68.4 Å². The highest BCUT2D eigenvalue weighted by molar-refractivity contribution is 9.09. The standard InChI is InChI=1S/C34H39BrClN3O5S/c1-4-17-37(22-13-15-23(16-14-22)44-6-3)31(41)27-28-32(42)39(19-9-10-20-40)30(34(28)21-24(35)29(27)45-34)33(43)38(18-5-2)26-12-8-7-11-25(26)36/h4-5,7-8,11-16,24,27-30,40H,1-2,6,9-10,17-21H2,3H3/t24?,27-,28+,29-,30?,34?/m1/s1. The van der Waals surface area contributed by atoms with Gasteiger partial charge in [-0.15, -0.1) is 24.9 Å². The van der Waals surface area contributed by atoms with Crippen molar-refractivity contribution in [1.82, 2.24) is 4.90 Å². The number of para-hydroxylation sites is 1. The lowest BCUT2D eigenvalue weighted by Crippen LogP contribution is -2.56. The smallest absolute Gasteiger partial charge is 0.251 e. The quantitative estimate of drug-likeness (QED) is 0.153. The minimum Gasteiger partial charge on any atom is -0.494 e. The molecule has 3 unspecified atom stereocenters. The number of halogens is 2. The van der Waals surface area contributed by atoms with Gasteiger partial charge < -0.3 is 24.5 Å². The second kappa shape index (κ2) is 14.3. The van der Waals surface area contributed by atoms with E-state index >= 15 is 0 Å². The molecule has 0 aromatic heterocycles. The third-order valence-electron chi connectivity index (χ3n) is 8.87. The van der Waals surface area contributed by atoms with Crippen LogP contribution in [0.25, 0.3) is 0 Å². The molecule has 3 amide bonds. The van der Waals surface area contributed by atoms with Crippen LogP contribution in [0.15, 0.2) is 73.8 Å². The highest BCUT2D eigenvalue weighted by Gasteiger charge is 2.76. The molecule has 1 N–H and O–H groups in total. The number of aliphatic hydroxyl groups excluding tert-OH is 1. The molecule has 3 fully saturated rings. The summed E-state index contributed by atoms with van der Waals surface area (Å²) in [5.41, 5.74) is 1.23. The lowest BCUT2D eigenvalue weighted by Gasteiger charge is -2.38. The maximum Gasteiger partial charge on any atom is 0.251 e. The Hall–Kier alpha value is -2.79. The number of anilines is 2. The van der Waals surface area contributed by atoms with Gasteiger partial charge in [0.05, 0.1) is 33.9 Å². The number of unbranched alkanes of at least 4 members (excludes halogenated alkanes) is 1. The SMILES string of the molecule is C=CCN(C(=O)[C@H]1[C@@H]2SC3(CC2Br)C(C(=O)N(CC=C)c2ccccc2Cl)N(CCCCO)C(=O)[C@H]13)c1ccc(OCC)cc1. The van der Waals surface area contributed by atoms with Crippen LogP contribution in [-0.4, -0.2) is 81.4 Å². The number of likely N-dealkylation sites (tertiary alicyclic amines) is 1. The number of thioether (sulfide) groups is 1. The zero-order chi connectivity index (χ0) is 32.3. The molecule has 6 atom stereocenters. The highest BCUT2D eigenvalue weighted by atomic mass is 79.9. The second-order valence-electron chi connectivity index (χ2n) is 11.5. The normalized spacial score (nSPS) is 26.4. The summed E-state index contributed by atoms with van der Waals surface area (Å²) in [5.74, 6) is -1.25. The number of nitrogens with zero attached hydrogens (tertiary/aromatic N) is 3. The fourth-order valence-electron chi connectivity index (χ4n) is 7.10. The first kappa shape index (κ1) is 33.6. The van der Waals surface area contributed by atoms with E-state index in [1.165, 1.54) is 0 Å². The molecule has 8 nitrogen and oxygen atoms in total. The minimum atomic E-state index is -0.827. The summed E-state index contributed by atoms with van der Waals surface area (Å²) in [6, 6.07) is 13.7. The summed E-state index contributed by atoms with van der Waals surface area (Å²) in [6.45, 7) is 11.0. The zero-order valence-corrected chi connectivity index (χ0v) is 28.5. The number of hydrogen-bond donors (Lipinski definition) is 1. The maximum absolute atomic E-state index is 14.8. The summed E-state index contributed by atoms with van der Waals surface area (Å²) in [5, 5.41) is 9.73.